The number of anilines is 2. The molecule has 0 saturated carbocycles. The summed E-state index contributed by atoms with van der Waals surface area (Å²) in [6.07, 6.45) is -4.73. The minimum atomic E-state index is -4.73. The molecule has 3 aromatic rings. The van der Waals surface area contributed by atoms with E-state index in [1.54, 1.807) is 12.1 Å². The number of carbonyl (C=O) groups excluding carboxylic acids is 1. The van der Waals surface area contributed by atoms with Crippen LogP contribution >= 0.6 is 23.2 Å². The van der Waals surface area contributed by atoms with Crippen LogP contribution in [0, 0.1) is 0 Å². The van der Waals surface area contributed by atoms with Crippen LogP contribution in [-0.4, -0.2) is 14.3 Å². The summed E-state index contributed by atoms with van der Waals surface area (Å²) < 4.78 is 66.0. The molecule has 0 fully saturated rings. The Hall–Kier alpha value is -2.75. The summed E-state index contributed by atoms with van der Waals surface area (Å²) in [6.45, 7) is 0. The van der Waals surface area contributed by atoms with Crippen LogP contribution in [0.1, 0.15) is 15.9 Å². The molecule has 11 heteroatoms. The molecule has 5 nitrogen and oxygen atoms in total. The number of nitrogens with one attached hydrogen (secondary N) is 2. The van der Waals surface area contributed by atoms with Crippen molar-refractivity contribution in [2.45, 2.75) is 11.1 Å². The molecule has 0 bridgehead atoms. The normalized spacial score (nSPS) is 11.8. The van der Waals surface area contributed by atoms with E-state index in [-0.39, 0.29) is 10.6 Å². The Kier molecular flexibility index (Phi) is 6.49. The molecule has 0 radical (unpaired) electrons. The third kappa shape index (κ3) is 5.69. The zero-order valence-electron chi connectivity index (χ0n) is 15.4. The first-order valence-electron chi connectivity index (χ1n) is 8.52. The van der Waals surface area contributed by atoms with E-state index >= 15 is 0 Å². The second kappa shape index (κ2) is 8.78. The average molecular weight is 489 g/mol. The van der Waals surface area contributed by atoms with Gasteiger partial charge in [0.25, 0.3) is 15.9 Å². The predicted molar refractivity (Wildman–Crippen MR) is 113 cm³/mol. The largest absolute Gasteiger partial charge is 0.417 e. The highest BCUT2D eigenvalue weighted by atomic mass is 35.5. The van der Waals surface area contributed by atoms with Crippen LogP contribution in [-0.2, 0) is 16.2 Å². The molecule has 0 aliphatic rings. The number of alkyl halides is 3. The lowest BCUT2D eigenvalue weighted by molar-refractivity contribution is -0.137. The number of sulfonamides is 1. The van der Waals surface area contributed by atoms with Gasteiger partial charge in [-0.2, -0.15) is 13.2 Å². The Balaban J connectivity index is 1.75. The smallest absolute Gasteiger partial charge is 0.322 e. The van der Waals surface area contributed by atoms with Gasteiger partial charge in [-0.15, -0.1) is 0 Å². The van der Waals surface area contributed by atoms with Crippen LogP contribution < -0.4 is 10.0 Å². The zero-order valence-corrected chi connectivity index (χ0v) is 17.7. The lowest BCUT2D eigenvalue weighted by Crippen LogP contribution is -2.15. The molecular weight excluding hydrogens is 476 g/mol. The molecule has 3 rings (SSSR count). The van der Waals surface area contributed by atoms with Crippen LogP contribution in [0.4, 0.5) is 24.5 Å². The summed E-state index contributed by atoms with van der Waals surface area (Å²) in [7, 11) is -4.18. The Bertz CT molecular complexity index is 1210. The molecule has 3 aromatic carbocycles. The molecule has 31 heavy (non-hydrogen) atoms. The van der Waals surface area contributed by atoms with E-state index in [0.29, 0.717) is 22.3 Å². The van der Waals surface area contributed by atoms with Gasteiger partial charge in [0.15, 0.2) is 0 Å². The molecule has 0 spiro atoms. The van der Waals surface area contributed by atoms with E-state index in [9.17, 15) is 26.4 Å². The van der Waals surface area contributed by atoms with Gasteiger partial charge in [0.2, 0.25) is 0 Å². The molecule has 0 aliphatic carbocycles. The number of amides is 1. The van der Waals surface area contributed by atoms with Crippen LogP contribution in [0.2, 0.25) is 10.0 Å². The van der Waals surface area contributed by atoms with Crippen molar-refractivity contribution in [3.05, 3.63) is 87.9 Å². The first-order chi connectivity index (χ1) is 14.5. The number of benzene rings is 3. The van der Waals surface area contributed by atoms with Crippen molar-refractivity contribution < 1.29 is 26.4 Å². The van der Waals surface area contributed by atoms with Gasteiger partial charge in [-0.25, -0.2) is 8.42 Å². The van der Waals surface area contributed by atoms with Crippen molar-refractivity contribution in [3.63, 3.8) is 0 Å². The third-order valence-electron chi connectivity index (χ3n) is 4.05. The van der Waals surface area contributed by atoms with Gasteiger partial charge in [-0.05, 0) is 66.7 Å². The second-order valence-electron chi connectivity index (χ2n) is 6.28. The average Bonchev–Trinajstić information content (AvgIpc) is 2.69. The fourth-order valence-electron chi connectivity index (χ4n) is 2.54. The van der Waals surface area contributed by atoms with Gasteiger partial charge in [0.1, 0.15) is 0 Å². The number of carbonyl (C=O) groups is 1. The summed E-state index contributed by atoms with van der Waals surface area (Å²) >= 11 is 11.3. The van der Waals surface area contributed by atoms with Crippen molar-refractivity contribution >= 4 is 50.5 Å². The maximum absolute atomic E-state index is 13.0. The molecule has 0 aromatic heterocycles. The van der Waals surface area contributed by atoms with Gasteiger partial charge in [0.05, 0.1) is 15.5 Å². The standard InChI is InChI=1S/C20H13Cl2F3N2O3S/c21-13-3-1-12(2-4-13)19(28)26-14-5-8-16(9-6-14)31(29,30)27-15-7-10-18(22)17(11-15)20(23,24)25/h1-11,27H,(H,26,28). The highest BCUT2D eigenvalue weighted by Gasteiger charge is 2.33. The molecule has 0 heterocycles. The molecule has 0 atom stereocenters. The lowest BCUT2D eigenvalue weighted by Gasteiger charge is -2.13. The highest BCUT2D eigenvalue weighted by molar-refractivity contribution is 7.92. The van der Waals surface area contributed by atoms with Gasteiger partial charge in [-0.3, -0.25) is 9.52 Å². The molecular formula is C20H13Cl2F3N2O3S. The first kappa shape index (κ1) is 22.9. The minimum absolute atomic E-state index is 0.208. The summed E-state index contributed by atoms with van der Waals surface area (Å²) in [5, 5.41) is 2.53. The van der Waals surface area contributed by atoms with Crippen molar-refractivity contribution in [1.82, 2.24) is 0 Å². The van der Waals surface area contributed by atoms with E-state index in [0.717, 1.165) is 12.1 Å². The summed E-state index contributed by atoms with van der Waals surface area (Å²) in [6, 6.07) is 14.0. The third-order valence-corrected chi connectivity index (χ3v) is 6.03. The predicted octanol–water partition coefficient (Wildman–Crippen LogP) is 6.07. The SMILES string of the molecule is O=C(Nc1ccc(S(=O)(=O)Nc2ccc(Cl)c(C(F)(F)F)c2)cc1)c1ccc(Cl)cc1. The Morgan fingerprint density at radius 2 is 1.42 bits per heavy atom. The number of hydrogen-bond acceptors (Lipinski definition) is 3. The molecule has 162 valence electrons. The van der Waals surface area contributed by atoms with E-state index in [1.165, 1.54) is 36.4 Å². The summed E-state index contributed by atoms with van der Waals surface area (Å²) in [5.74, 6) is -0.425. The molecule has 2 N–H and O–H groups in total. The maximum Gasteiger partial charge on any atom is 0.417 e. The molecule has 1 amide bonds. The number of hydrogen-bond donors (Lipinski definition) is 2. The second-order valence-corrected chi connectivity index (χ2v) is 8.81. The first-order valence-corrected chi connectivity index (χ1v) is 10.8. The topological polar surface area (TPSA) is 75.3 Å². The van der Waals surface area contributed by atoms with E-state index in [4.69, 9.17) is 23.2 Å². The van der Waals surface area contributed by atoms with Gasteiger partial charge < -0.3 is 5.32 Å². The number of rotatable bonds is 5. The Morgan fingerprint density at radius 1 is 0.839 bits per heavy atom. The quantitative estimate of drug-likeness (QED) is 0.457. The van der Waals surface area contributed by atoms with Crippen LogP contribution in [0.15, 0.2) is 71.6 Å². The van der Waals surface area contributed by atoms with Crippen LogP contribution in [0.5, 0.6) is 0 Å². The monoisotopic (exact) mass is 488 g/mol. The Morgan fingerprint density at radius 3 is 2.00 bits per heavy atom. The van der Waals surface area contributed by atoms with Gasteiger partial charge in [0, 0.05) is 22.0 Å². The van der Waals surface area contributed by atoms with E-state index < -0.39 is 32.7 Å². The van der Waals surface area contributed by atoms with E-state index in [2.05, 4.69) is 10.0 Å². The van der Waals surface area contributed by atoms with Crippen molar-refractivity contribution in [3.8, 4) is 0 Å². The minimum Gasteiger partial charge on any atom is -0.322 e. The highest BCUT2D eigenvalue weighted by Crippen LogP contribution is 2.36. The van der Waals surface area contributed by atoms with Crippen molar-refractivity contribution in [1.29, 1.82) is 0 Å². The van der Waals surface area contributed by atoms with Gasteiger partial charge >= 0.3 is 6.18 Å². The Labute approximate surface area is 185 Å². The lowest BCUT2D eigenvalue weighted by atomic mass is 10.2. The van der Waals surface area contributed by atoms with E-state index in [1.807, 2.05) is 0 Å². The maximum atomic E-state index is 13.0. The van der Waals surface area contributed by atoms with Gasteiger partial charge in [-0.1, -0.05) is 23.2 Å². The fraction of sp³-hybridized carbons (Fsp3) is 0.0500. The molecule has 0 unspecified atom stereocenters. The fourth-order valence-corrected chi connectivity index (χ4v) is 3.94. The molecule has 0 saturated heterocycles. The molecule has 0 aliphatic heterocycles. The summed E-state index contributed by atoms with van der Waals surface area (Å²) in [4.78, 5) is 12.0. The van der Waals surface area contributed by atoms with Crippen molar-refractivity contribution in [2.75, 3.05) is 10.0 Å². The zero-order chi connectivity index (χ0) is 22.8. The van der Waals surface area contributed by atoms with Crippen molar-refractivity contribution in [2.24, 2.45) is 0 Å². The van der Waals surface area contributed by atoms with Crippen LogP contribution in [0.3, 0.4) is 0 Å². The van der Waals surface area contributed by atoms with Crippen LogP contribution in [0.25, 0.3) is 0 Å². The summed E-state index contributed by atoms with van der Waals surface area (Å²) in [5.41, 5.74) is -0.776. The number of halogens is 5.